The number of rotatable bonds is 5. The van der Waals surface area contributed by atoms with Crippen LogP contribution in [0.25, 0.3) is 0 Å². The van der Waals surface area contributed by atoms with Crippen LogP contribution < -0.4 is 5.32 Å². The van der Waals surface area contributed by atoms with Crippen molar-refractivity contribution < 1.29 is 14.8 Å². The molecule has 2 heterocycles. The van der Waals surface area contributed by atoms with Crippen LogP contribution in [0.15, 0.2) is 12.3 Å². The first-order chi connectivity index (χ1) is 9.49. The van der Waals surface area contributed by atoms with Gasteiger partial charge in [0.25, 0.3) is 5.69 Å². The van der Waals surface area contributed by atoms with Crippen molar-refractivity contribution in [3.63, 3.8) is 0 Å². The lowest BCUT2D eigenvalue weighted by atomic mass is 10.2. The second-order valence-electron chi connectivity index (χ2n) is 4.81. The topological polar surface area (TPSA) is 109 Å². The second kappa shape index (κ2) is 5.83. The van der Waals surface area contributed by atoms with Crippen molar-refractivity contribution in [2.75, 3.05) is 25.5 Å². The van der Waals surface area contributed by atoms with Gasteiger partial charge >= 0.3 is 5.97 Å². The van der Waals surface area contributed by atoms with Crippen molar-refractivity contribution >= 4 is 17.5 Å². The smallest absolute Gasteiger partial charge is 0.339 e. The number of hydrogen-bond acceptors (Lipinski definition) is 6. The molecule has 1 aliphatic heterocycles. The molecule has 0 radical (unpaired) electrons. The normalized spacial score (nSPS) is 18.9. The first kappa shape index (κ1) is 14.2. The van der Waals surface area contributed by atoms with Gasteiger partial charge in [-0.3, -0.25) is 10.1 Å². The van der Waals surface area contributed by atoms with Crippen LogP contribution in [0.3, 0.4) is 0 Å². The number of nitrogens with one attached hydrogen (secondary N) is 1. The van der Waals surface area contributed by atoms with E-state index in [-0.39, 0.29) is 17.1 Å². The summed E-state index contributed by atoms with van der Waals surface area (Å²) in [6.07, 6.45) is 3.22. The number of carboxylic acid groups (broad SMARTS) is 1. The average molecular weight is 280 g/mol. The Balaban J connectivity index is 2.14. The molecular weight excluding hydrogens is 264 g/mol. The minimum absolute atomic E-state index is 0.170. The molecule has 1 unspecified atom stereocenters. The van der Waals surface area contributed by atoms with Crippen molar-refractivity contribution in [1.29, 1.82) is 0 Å². The zero-order valence-corrected chi connectivity index (χ0v) is 11.1. The predicted octanol–water partition coefficient (Wildman–Crippen LogP) is 1.19. The number of nitro groups is 1. The summed E-state index contributed by atoms with van der Waals surface area (Å²) in [4.78, 5) is 27.2. The highest BCUT2D eigenvalue weighted by Crippen LogP contribution is 2.20. The van der Waals surface area contributed by atoms with E-state index in [2.05, 4.69) is 15.2 Å². The van der Waals surface area contributed by atoms with Crippen LogP contribution in [0.1, 0.15) is 23.2 Å². The van der Waals surface area contributed by atoms with Gasteiger partial charge < -0.3 is 15.3 Å². The van der Waals surface area contributed by atoms with E-state index < -0.39 is 10.9 Å². The molecule has 1 atom stereocenters. The number of likely N-dealkylation sites (tertiary alicyclic amines) is 1. The summed E-state index contributed by atoms with van der Waals surface area (Å²) in [5.74, 6) is -1.06. The van der Waals surface area contributed by atoms with Crippen LogP contribution in [0, 0.1) is 10.1 Å². The SMILES string of the molecule is CN1CCCC1CNc1ncc([N+](=O)[O-])cc1C(=O)O. The molecule has 2 rings (SSSR count). The summed E-state index contributed by atoms with van der Waals surface area (Å²) < 4.78 is 0. The predicted molar refractivity (Wildman–Crippen MR) is 72.0 cm³/mol. The number of likely N-dealkylation sites (N-methyl/N-ethyl adjacent to an activating group) is 1. The van der Waals surface area contributed by atoms with E-state index in [4.69, 9.17) is 5.11 Å². The zero-order valence-electron chi connectivity index (χ0n) is 11.1. The summed E-state index contributed by atoms with van der Waals surface area (Å²) in [6, 6.07) is 1.35. The maximum absolute atomic E-state index is 11.1. The fraction of sp³-hybridized carbons (Fsp3) is 0.500. The third-order valence-corrected chi connectivity index (χ3v) is 3.49. The maximum atomic E-state index is 11.1. The van der Waals surface area contributed by atoms with E-state index in [9.17, 15) is 14.9 Å². The second-order valence-corrected chi connectivity index (χ2v) is 4.81. The summed E-state index contributed by atoms with van der Waals surface area (Å²) in [7, 11) is 2.01. The number of hydrogen-bond donors (Lipinski definition) is 2. The number of aromatic nitrogens is 1. The number of pyridine rings is 1. The van der Waals surface area contributed by atoms with E-state index in [0.717, 1.165) is 31.6 Å². The molecule has 0 aliphatic carbocycles. The lowest BCUT2D eigenvalue weighted by Gasteiger charge is -2.20. The lowest BCUT2D eigenvalue weighted by Crippen LogP contribution is -2.32. The van der Waals surface area contributed by atoms with E-state index in [0.29, 0.717) is 12.6 Å². The van der Waals surface area contributed by atoms with E-state index in [1.165, 1.54) is 0 Å². The molecule has 0 aromatic carbocycles. The molecule has 8 nitrogen and oxygen atoms in total. The van der Waals surface area contributed by atoms with Crippen molar-refractivity contribution in [2.24, 2.45) is 0 Å². The molecular formula is C12H16N4O4. The minimum Gasteiger partial charge on any atom is -0.478 e. The summed E-state index contributed by atoms with van der Waals surface area (Å²) in [5.41, 5.74) is -0.509. The number of aromatic carboxylic acids is 1. The van der Waals surface area contributed by atoms with Gasteiger partial charge in [0, 0.05) is 18.7 Å². The molecule has 8 heteroatoms. The van der Waals surface area contributed by atoms with Crippen molar-refractivity contribution in [2.45, 2.75) is 18.9 Å². The summed E-state index contributed by atoms with van der Waals surface area (Å²) >= 11 is 0. The van der Waals surface area contributed by atoms with E-state index >= 15 is 0 Å². The molecule has 1 aromatic heterocycles. The van der Waals surface area contributed by atoms with Crippen molar-refractivity contribution in [3.05, 3.63) is 27.9 Å². The Kier molecular flexibility index (Phi) is 4.14. The molecule has 0 bridgehead atoms. The van der Waals surface area contributed by atoms with Crippen LogP contribution in [0.5, 0.6) is 0 Å². The fourth-order valence-corrected chi connectivity index (χ4v) is 2.31. The number of carboxylic acids is 1. The molecule has 2 N–H and O–H groups in total. The van der Waals surface area contributed by atoms with Crippen LogP contribution in [-0.2, 0) is 0 Å². The van der Waals surface area contributed by atoms with Gasteiger partial charge in [-0.2, -0.15) is 0 Å². The van der Waals surface area contributed by atoms with Gasteiger partial charge in [0.1, 0.15) is 17.6 Å². The molecule has 1 fully saturated rings. The summed E-state index contributed by atoms with van der Waals surface area (Å²) in [5, 5.41) is 22.7. The highest BCUT2D eigenvalue weighted by molar-refractivity contribution is 5.93. The van der Waals surface area contributed by atoms with E-state index in [1.807, 2.05) is 7.05 Å². The largest absolute Gasteiger partial charge is 0.478 e. The summed E-state index contributed by atoms with van der Waals surface area (Å²) in [6.45, 7) is 1.59. The van der Waals surface area contributed by atoms with Crippen LogP contribution in [0.4, 0.5) is 11.5 Å². The first-order valence-corrected chi connectivity index (χ1v) is 6.31. The third kappa shape index (κ3) is 3.02. The highest BCUT2D eigenvalue weighted by Gasteiger charge is 2.22. The Morgan fingerprint density at radius 2 is 2.45 bits per heavy atom. The van der Waals surface area contributed by atoms with Gasteiger partial charge in [0.05, 0.1) is 4.92 Å². The standard InChI is InChI=1S/C12H16N4O4/c1-15-4-2-3-8(15)6-13-11-10(12(17)18)5-9(7-14-11)16(19)20/h5,7-8H,2-4,6H2,1H3,(H,13,14)(H,17,18). The van der Waals surface area contributed by atoms with Crippen LogP contribution >= 0.6 is 0 Å². The molecule has 0 spiro atoms. The van der Waals surface area contributed by atoms with Gasteiger partial charge in [0.15, 0.2) is 0 Å². The van der Waals surface area contributed by atoms with Gasteiger partial charge in [-0.1, -0.05) is 0 Å². The first-order valence-electron chi connectivity index (χ1n) is 6.31. The quantitative estimate of drug-likeness (QED) is 0.616. The Morgan fingerprint density at radius 1 is 1.70 bits per heavy atom. The lowest BCUT2D eigenvalue weighted by molar-refractivity contribution is -0.385. The van der Waals surface area contributed by atoms with Gasteiger partial charge in [0.2, 0.25) is 0 Å². The van der Waals surface area contributed by atoms with Gasteiger partial charge in [-0.15, -0.1) is 0 Å². The van der Waals surface area contributed by atoms with Crippen molar-refractivity contribution in [3.8, 4) is 0 Å². The molecule has 0 amide bonds. The maximum Gasteiger partial charge on any atom is 0.339 e. The number of anilines is 1. The molecule has 1 aromatic rings. The molecule has 0 saturated carbocycles. The average Bonchev–Trinajstić information content (AvgIpc) is 2.81. The van der Waals surface area contributed by atoms with Crippen molar-refractivity contribution in [1.82, 2.24) is 9.88 Å². The number of nitrogens with zero attached hydrogens (tertiary/aromatic N) is 3. The Morgan fingerprint density at radius 3 is 3.00 bits per heavy atom. The van der Waals surface area contributed by atoms with Gasteiger partial charge in [-0.25, -0.2) is 9.78 Å². The monoisotopic (exact) mass is 280 g/mol. The highest BCUT2D eigenvalue weighted by atomic mass is 16.6. The van der Waals surface area contributed by atoms with Crippen LogP contribution in [0.2, 0.25) is 0 Å². The van der Waals surface area contributed by atoms with Gasteiger partial charge in [-0.05, 0) is 26.4 Å². The molecule has 1 aliphatic rings. The van der Waals surface area contributed by atoms with E-state index in [1.54, 1.807) is 0 Å². The molecule has 20 heavy (non-hydrogen) atoms. The molecule has 1 saturated heterocycles. The number of carbonyl (C=O) groups is 1. The Bertz CT molecular complexity index is 534. The zero-order chi connectivity index (χ0) is 14.7. The Hall–Kier alpha value is -2.22. The Labute approximate surface area is 115 Å². The minimum atomic E-state index is -1.23. The van der Waals surface area contributed by atoms with Crippen LogP contribution in [-0.4, -0.2) is 52.1 Å². The molecule has 108 valence electrons. The fourth-order valence-electron chi connectivity index (χ4n) is 2.31. The third-order valence-electron chi connectivity index (χ3n) is 3.49.